The molecule has 1 fully saturated rings. The minimum absolute atomic E-state index is 0. The van der Waals surface area contributed by atoms with Gasteiger partial charge in [-0.05, 0) is 0 Å². The Balaban J connectivity index is 0.00000576. The number of hydrogen-bond donors (Lipinski definition) is 7. The van der Waals surface area contributed by atoms with E-state index in [1.54, 1.807) is 0 Å². The summed E-state index contributed by atoms with van der Waals surface area (Å²) in [7, 11) is -36.7. The molecule has 0 bridgehead atoms. The van der Waals surface area contributed by atoms with Gasteiger partial charge in [-0.1, -0.05) is 0 Å². The van der Waals surface area contributed by atoms with E-state index in [-0.39, 0.29) is 6.15 Å². The van der Waals surface area contributed by atoms with Crippen LogP contribution >= 0.6 is 46.9 Å². The van der Waals surface area contributed by atoms with Crippen LogP contribution in [-0.2, 0) is 53.3 Å². The Bertz CT molecular complexity index is 581. The molecular formula is H10NO18P6+. The molecule has 19 nitrogen and oxygen atoms in total. The summed E-state index contributed by atoms with van der Waals surface area (Å²) in [5.41, 5.74) is 0. The molecule has 0 aromatic carbocycles. The van der Waals surface area contributed by atoms with E-state index >= 15 is 0 Å². The first-order valence-electron chi connectivity index (χ1n) is 4.49. The van der Waals surface area contributed by atoms with Crippen molar-refractivity contribution in [2.24, 2.45) is 0 Å². The fraction of sp³-hybridized carbons (Fsp3) is 0. The van der Waals surface area contributed by atoms with Gasteiger partial charge in [-0.15, -0.1) is 0 Å². The highest BCUT2D eigenvalue weighted by atomic mass is 31.3. The number of rotatable bonds is 0. The lowest BCUT2D eigenvalue weighted by molar-refractivity contribution is 0.168. The summed E-state index contributed by atoms with van der Waals surface area (Å²) in [5, 5.41) is 0. The van der Waals surface area contributed by atoms with Crippen LogP contribution in [0.15, 0.2) is 0 Å². The Hall–Kier alpha value is 0.860. The maximum atomic E-state index is 11.2. The second-order valence-corrected chi connectivity index (χ2v) is 12.8. The molecule has 1 rings (SSSR count). The van der Waals surface area contributed by atoms with Gasteiger partial charge in [-0.3, -0.25) is 0 Å². The van der Waals surface area contributed by atoms with Gasteiger partial charge in [0.15, 0.2) is 0 Å². The van der Waals surface area contributed by atoms with Crippen LogP contribution in [0.25, 0.3) is 0 Å². The molecule has 1 aliphatic rings. The SMILES string of the molecule is O=P1(O)OP(=O)(O)OP(=O)(O)OP(=O)(O)OP(=O)(O)OP(=O)(O)O1.[NH4+]. The molecule has 25 heavy (non-hydrogen) atoms. The molecule has 0 unspecified atom stereocenters. The molecule has 152 valence electrons. The normalized spacial score (nSPS) is 53.0. The number of quaternary nitrogens is 1. The molecule has 0 aromatic rings. The molecule has 25 heteroatoms. The molecule has 0 aromatic heterocycles. The van der Waals surface area contributed by atoms with Gasteiger partial charge >= 0.3 is 46.9 Å². The van der Waals surface area contributed by atoms with Crippen LogP contribution in [0.2, 0.25) is 0 Å². The molecule has 0 spiro atoms. The summed E-state index contributed by atoms with van der Waals surface area (Å²) in [6, 6.07) is 0. The molecule has 0 amide bonds. The highest BCUT2D eigenvalue weighted by molar-refractivity contribution is 7.75. The quantitative estimate of drug-likeness (QED) is 0.230. The third-order valence-electron chi connectivity index (χ3n) is 1.24. The summed E-state index contributed by atoms with van der Waals surface area (Å²) in [4.78, 5) is 53.6. The standard InChI is InChI=1S/H3N.H6O18P6/c;1-19(2)13-20(3,4)15-22(7,8)17-24(11,12)18-23(9,10)16-21(5,6)14-19/h1H3;(H,1,2)(H,3,4)(H,5,6)(H,7,8)(H,9,10)(H,11,12)/p+1. The van der Waals surface area contributed by atoms with Gasteiger partial charge in [0.25, 0.3) is 0 Å². The van der Waals surface area contributed by atoms with Gasteiger partial charge in [0.05, 0.1) is 0 Å². The Kier molecular flexibility index (Phi) is 7.97. The Labute approximate surface area is 136 Å². The predicted molar refractivity (Wildman–Crippen MR) is 71.4 cm³/mol. The second kappa shape index (κ2) is 7.70. The van der Waals surface area contributed by atoms with Crippen molar-refractivity contribution in [1.29, 1.82) is 0 Å². The van der Waals surface area contributed by atoms with E-state index in [9.17, 15) is 27.4 Å². The molecule has 0 atom stereocenters. The zero-order chi connectivity index (χ0) is 19.2. The summed E-state index contributed by atoms with van der Waals surface area (Å²) < 4.78 is 86.9. The molecule has 1 saturated heterocycles. The largest absolute Gasteiger partial charge is 0.490 e. The van der Waals surface area contributed by atoms with E-state index in [0.29, 0.717) is 0 Å². The average Bonchev–Trinajstić information content (AvgIpc) is 1.98. The first-order chi connectivity index (χ1) is 10.2. The molecule has 0 saturated carbocycles. The Morgan fingerprint density at radius 3 is 0.520 bits per heavy atom. The highest BCUT2D eigenvalue weighted by Gasteiger charge is 2.53. The lowest BCUT2D eigenvalue weighted by Gasteiger charge is -2.23. The zero-order valence-corrected chi connectivity index (χ0v) is 16.6. The van der Waals surface area contributed by atoms with E-state index in [1.807, 2.05) is 0 Å². The Morgan fingerprint density at radius 2 is 0.440 bits per heavy atom. The van der Waals surface area contributed by atoms with Gasteiger partial charge in [0, 0.05) is 0 Å². The molecule has 1 aliphatic heterocycles. The van der Waals surface area contributed by atoms with E-state index in [1.165, 1.54) is 0 Å². The predicted octanol–water partition coefficient (Wildman–Crippen LogP) is 1.08. The van der Waals surface area contributed by atoms with Crippen LogP contribution in [0, 0.1) is 0 Å². The summed E-state index contributed by atoms with van der Waals surface area (Å²) in [6.07, 6.45) is 0. The zero-order valence-electron chi connectivity index (χ0n) is 11.3. The molecular weight excluding hydrogens is 488 g/mol. The maximum Gasteiger partial charge on any atom is 0.490 e. The lowest BCUT2D eigenvalue weighted by Crippen LogP contribution is -2.02. The summed E-state index contributed by atoms with van der Waals surface area (Å²) in [6.45, 7) is 0. The Morgan fingerprint density at radius 1 is 0.360 bits per heavy atom. The smallest absolute Gasteiger partial charge is 0.369 e. The van der Waals surface area contributed by atoms with E-state index in [0.717, 1.165) is 0 Å². The van der Waals surface area contributed by atoms with Gasteiger partial charge < -0.3 is 35.5 Å². The molecule has 0 aliphatic carbocycles. The van der Waals surface area contributed by atoms with Crippen molar-refractivity contribution in [3.63, 3.8) is 0 Å². The van der Waals surface area contributed by atoms with Gasteiger partial charge in [-0.2, -0.15) is 25.9 Å². The van der Waals surface area contributed by atoms with Crippen LogP contribution in [0.4, 0.5) is 0 Å². The third kappa shape index (κ3) is 9.56. The van der Waals surface area contributed by atoms with E-state index in [4.69, 9.17) is 29.4 Å². The van der Waals surface area contributed by atoms with E-state index in [2.05, 4.69) is 25.9 Å². The maximum absolute atomic E-state index is 11.2. The first-order valence-corrected chi connectivity index (χ1v) is 13.5. The fourth-order valence-electron chi connectivity index (χ4n) is 0.872. The van der Waals surface area contributed by atoms with Crippen LogP contribution in [0.5, 0.6) is 0 Å². The van der Waals surface area contributed by atoms with Gasteiger partial charge in [-0.25, -0.2) is 27.4 Å². The minimum Gasteiger partial charge on any atom is -0.369 e. The average molecular weight is 498 g/mol. The summed E-state index contributed by atoms with van der Waals surface area (Å²) in [5.74, 6) is 0. The molecule has 1 heterocycles. The summed E-state index contributed by atoms with van der Waals surface area (Å²) >= 11 is 0. The van der Waals surface area contributed by atoms with Gasteiger partial charge in [0.1, 0.15) is 0 Å². The number of phosphoric acid groups is 6. The van der Waals surface area contributed by atoms with Crippen molar-refractivity contribution in [2.75, 3.05) is 0 Å². The van der Waals surface area contributed by atoms with Crippen LogP contribution in [-0.4, -0.2) is 29.4 Å². The van der Waals surface area contributed by atoms with Crippen molar-refractivity contribution in [2.45, 2.75) is 0 Å². The third-order valence-corrected chi connectivity index (χ3v) is 11.1. The first kappa shape index (κ1) is 25.9. The lowest BCUT2D eigenvalue weighted by atomic mass is 14.0. The van der Waals surface area contributed by atoms with Crippen molar-refractivity contribution >= 4 is 46.9 Å². The van der Waals surface area contributed by atoms with Crippen LogP contribution < -0.4 is 6.15 Å². The molecule has 10 N–H and O–H groups in total. The van der Waals surface area contributed by atoms with Crippen molar-refractivity contribution in [1.82, 2.24) is 6.15 Å². The van der Waals surface area contributed by atoms with Crippen LogP contribution in [0.1, 0.15) is 0 Å². The van der Waals surface area contributed by atoms with Crippen molar-refractivity contribution in [3.8, 4) is 0 Å². The monoisotopic (exact) mass is 498 g/mol. The fourth-order valence-corrected chi connectivity index (χ4v) is 9.46. The van der Waals surface area contributed by atoms with Crippen molar-refractivity contribution < 1.29 is 82.6 Å². The van der Waals surface area contributed by atoms with E-state index < -0.39 is 46.9 Å². The van der Waals surface area contributed by atoms with Crippen LogP contribution in [0.3, 0.4) is 0 Å². The molecule has 0 radical (unpaired) electrons. The highest BCUT2D eigenvalue weighted by Crippen LogP contribution is 2.79. The minimum atomic E-state index is -6.11. The second-order valence-electron chi connectivity index (χ2n) is 3.30. The number of hydrogen-bond acceptors (Lipinski definition) is 12. The van der Waals surface area contributed by atoms with Crippen molar-refractivity contribution in [3.05, 3.63) is 0 Å². The topological polar surface area (TPSA) is 316 Å². The van der Waals surface area contributed by atoms with Gasteiger partial charge in [0.2, 0.25) is 0 Å².